The van der Waals surface area contributed by atoms with Gasteiger partial charge in [-0.3, -0.25) is 4.79 Å². The van der Waals surface area contributed by atoms with E-state index >= 15 is 0 Å². The van der Waals surface area contributed by atoms with Crippen LogP contribution in [0.15, 0.2) is 22.7 Å². The van der Waals surface area contributed by atoms with Gasteiger partial charge in [0, 0.05) is 31.0 Å². The van der Waals surface area contributed by atoms with Gasteiger partial charge in [-0.05, 0) is 51.7 Å². The van der Waals surface area contributed by atoms with Gasteiger partial charge in [-0.1, -0.05) is 17.3 Å². The predicted octanol–water partition coefficient (Wildman–Crippen LogP) is 3.81. The summed E-state index contributed by atoms with van der Waals surface area (Å²) in [6.45, 7) is 7.51. The molecule has 3 aromatic rings. The number of aryl methyl sites for hydroxylation is 3. The van der Waals surface area contributed by atoms with Gasteiger partial charge in [-0.25, -0.2) is 4.98 Å². The highest BCUT2D eigenvalue weighted by atomic mass is 16.5. The van der Waals surface area contributed by atoms with Crippen molar-refractivity contribution in [1.82, 2.24) is 20.0 Å². The van der Waals surface area contributed by atoms with E-state index in [0.29, 0.717) is 18.8 Å². The van der Waals surface area contributed by atoms with Crippen LogP contribution in [0.4, 0.5) is 0 Å². The number of carbonyl (C=O) groups excluding carboxylic acids is 1. The summed E-state index contributed by atoms with van der Waals surface area (Å²) in [5, 5.41) is 3.96. The number of fused-ring (bicyclic) bond motifs is 1. The van der Waals surface area contributed by atoms with Gasteiger partial charge in [0.1, 0.15) is 11.6 Å². The Morgan fingerprint density at radius 2 is 2.04 bits per heavy atom. The van der Waals surface area contributed by atoms with Gasteiger partial charge in [0.2, 0.25) is 5.91 Å². The van der Waals surface area contributed by atoms with Crippen molar-refractivity contribution in [2.75, 3.05) is 13.1 Å². The van der Waals surface area contributed by atoms with E-state index in [2.05, 4.69) is 35.3 Å². The number of hydrogen-bond donors (Lipinski definition) is 1. The topological polar surface area (TPSA) is 75.0 Å². The zero-order chi connectivity index (χ0) is 19.0. The summed E-state index contributed by atoms with van der Waals surface area (Å²) in [5.41, 5.74) is 5.31. The van der Waals surface area contributed by atoms with Crippen LogP contribution < -0.4 is 0 Å². The lowest BCUT2D eigenvalue weighted by molar-refractivity contribution is -0.132. The van der Waals surface area contributed by atoms with Gasteiger partial charge in [0.15, 0.2) is 0 Å². The smallest absolute Gasteiger partial charge is 0.222 e. The number of H-pyrrole nitrogens is 1. The van der Waals surface area contributed by atoms with Crippen molar-refractivity contribution in [1.29, 1.82) is 0 Å². The van der Waals surface area contributed by atoms with Crippen LogP contribution in [0.1, 0.15) is 53.6 Å². The van der Waals surface area contributed by atoms with Crippen molar-refractivity contribution >= 4 is 16.9 Å². The van der Waals surface area contributed by atoms with E-state index in [1.54, 1.807) is 0 Å². The number of benzene rings is 1. The van der Waals surface area contributed by atoms with Crippen molar-refractivity contribution in [2.45, 2.75) is 52.4 Å². The lowest BCUT2D eigenvalue weighted by Crippen LogP contribution is -2.38. The molecule has 1 amide bonds. The summed E-state index contributed by atoms with van der Waals surface area (Å²) in [5.74, 6) is 2.48. The molecule has 1 saturated heterocycles. The zero-order valence-electron chi connectivity index (χ0n) is 16.2. The van der Waals surface area contributed by atoms with E-state index in [-0.39, 0.29) is 5.91 Å². The lowest BCUT2D eigenvalue weighted by atomic mass is 9.95. The van der Waals surface area contributed by atoms with E-state index in [4.69, 9.17) is 9.51 Å². The molecule has 0 atom stereocenters. The van der Waals surface area contributed by atoms with Crippen LogP contribution in [-0.4, -0.2) is 39.0 Å². The van der Waals surface area contributed by atoms with Crippen LogP contribution in [0.2, 0.25) is 0 Å². The predicted molar refractivity (Wildman–Crippen MR) is 104 cm³/mol. The van der Waals surface area contributed by atoms with Crippen molar-refractivity contribution in [3.8, 4) is 0 Å². The second-order valence-electron chi connectivity index (χ2n) is 7.55. The van der Waals surface area contributed by atoms with Crippen LogP contribution in [0, 0.1) is 20.8 Å². The number of carbonyl (C=O) groups is 1. The third kappa shape index (κ3) is 3.48. The van der Waals surface area contributed by atoms with E-state index < -0.39 is 0 Å². The van der Waals surface area contributed by atoms with Gasteiger partial charge in [-0.15, -0.1) is 0 Å². The molecular weight excluding hydrogens is 340 g/mol. The molecule has 4 rings (SSSR count). The summed E-state index contributed by atoms with van der Waals surface area (Å²) in [7, 11) is 0. The largest absolute Gasteiger partial charge is 0.361 e. The number of amides is 1. The Kier molecular flexibility index (Phi) is 4.72. The molecule has 6 heteroatoms. The number of nitrogens with one attached hydrogen (secondary N) is 1. The number of imidazole rings is 1. The van der Waals surface area contributed by atoms with Gasteiger partial charge < -0.3 is 14.4 Å². The zero-order valence-corrected chi connectivity index (χ0v) is 16.2. The lowest BCUT2D eigenvalue weighted by Gasteiger charge is -2.31. The highest BCUT2D eigenvalue weighted by Crippen LogP contribution is 2.29. The average Bonchev–Trinajstić information content (AvgIpc) is 3.25. The summed E-state index contributed by atoms with van der Waals surface area (Å²) in [6, 6.07) is 6.22. The molecule has 1 aliphatic heterocycles. The molecule has 0 spiro atoms. The number of aromatic amines is 1. The molecule has 1 aromatic carbocycles. The Balaban J connectivity index is 1.35. The van der Waals surface area contributed by atoms with Crippen molar-refractivity contribution in [2.24, 2.45) is 0 Å². The second-order valence-corrected chi connectivity index (χ2v) is 7.55. The SMILES string of the molecule is Cc1noc(C)c1CCC(=O)N1CCC(c2nc3c(C)cccc3[nH]2)CC1. The van der Waals surface area contributed by atoms with E-state index in [1.807, 2.05) is 18.7 Å². The maximum Gasteiger partial charge on any atom is 0.222 e. The van der Waals surface area contributed by atoms with Crippen LogP contribution in [0.5, 0.6) is 0 Å². The molecule has 1 fully saturated rings. The van der Waals surface area contributed by atoms with E-state index in [0.717, 1.165) is 59.8 Å². The minimum Gasteiger partial charge on any atom is -0.361 e. The highest BCUT2D eigenvalue weighted by molar-refractivity contribution is 5.78. The Bertz CT molecular complexity index is 944. The third-order valence-corrected chi connectivity index (χ3v) is 5.74. The van der Waals surface area contributed by atoms with Crippen LogP contribution >= 0.6 is 0 Å². The summed E-state index contributed by atoms with van der Waals surface area (Å²) >= 11 is 0. The first-order valence-corrected chi connectivity index (χ1v) is 9.67. The molecule has 6 nitrogen and oxygen atoms in total. The number of aromatic nitrogens is 3. The first-order valence-electron chi connectivity index (χ1n) is 9.67. The van der Waals surface area contributed by atoms with Gasteiger partial charge in [0.25, 0.3) is 0 Å². The highest BCUT2D eigenvalue weighted by Gasteiger charge is 2.26. The molecule has 142 valence electrons. The monoisotopic (exact) mass is 366 g/mol. The van der Waals surface area contributed by atoms with Crippen molar-refractivity contribution in [3.05, 3.63) is 46.6 Å². The Morgan fingerprint density at radius 3 is 2.70 bits per heavy atom. The number of nitrogens with zero attached hydrogens (tertiary/aromatic N) is 3. The molecule has 3 heterocycles. The quantitative estimate of drug-likeness (QED) is 0.762. The van der Waals surface area contributed by atoms with E-state index in [1.165, 1.54) is 5.56 Å². The van der Waals surface area contributed by atoms with Crippen molar-refractivity contribution < 1.29 is 9.32 Å². The fourth-order valence-corrected chi connectivity index (χ4v) is 4.04. The number of likely N-dealkylation sites (tertiary alicyclic amines) is 1. The van der Waals surface area contributed by atoms with Crippen LogP contribution in [0.3, 0.4) is 0 Å². The molecule has 0 radical (unpaired) electrons. The summed E-state index contributed by atoms with van der Waals surface area (Å²) in [4.78, 5) is 22.9. The molecule has 0 unspecified atom stereocenters. The fourth-order valence-electron chi connectivity index (χ4n) is 4.04. The number of hydrogen-bond acceptors (Lipinski definition) is 4. The first kappa shape index (κ1) is 17.8. The molecule has 2 aromatic heterocycles. The van der Waals surface area contributed by atoms with E-state index in [9.17, 15) is 4.79 Å². The Labute approximate surface area is 158 Å². The Hall–Kier alpha value is -2.63. The maximum absolute atomic E-state index is 12.6. The van der Waals surface area contributed by atoms with Crippen molar-refractivity contribution in [3.63, 3.8) is 0 Å². The average molecular weight is 366 g/mol. The van der Waals surface area contributed by atoms with Crippen LogP contribution in [0.25, 0.3) is 11.0 Å². The maximum atomic E-state index is 12.6. The minimum absolute atomic E-state index is 0.217. The minimum atomic E-state index is 0.217. The molecule has 1 aliphatic rings. The Morgan fingerprint density at radius 1 is 1.26 bits per heavy atom. The fraction of sp³-hybridized carbons (Fsp3) is 0.476. The second kappa shape index (κ2) is 7.18. The van der Waals surface area contributed by atoms with Crippen LogP contribution in [-0.2, 0) is 11.2 Å². The van der Waals surface area contributed by atoms with Gasteiger partial charge >= 0.3 is 0 Å². The molecule has 0 saturated carbocycles. The van der Waals surface area contributed by atoms with Gasteiger partial charge in [-0.2, -0.15) is 0 Å². The van der Waals surface area contributed by atoms with Gasteiger partial charge in [0.05, 0.1) is 16.7 Å². The number of para-hydroxylation sites is 1. The molecule has 0 bridgehead atoms. The molecular formula is C21H26N4O2. The molecule has 1 N–H and O–H groups in total. The summed E-state index contributed by atoms with van der Waals surface area (Å²) in [6.07, 6.45) is 3.12. The molecule has 0 aliphatic carbocycles. The normalized spacial score (nSPS) is 15.6. The number of rotatable bonds is 4. The standard InChI is InChI=1S/C21H26N4O2/c1-13-5-4-6-18-20(13)23-21(22-18)16-9-11-25(12-10-16)19(26)8-7-17-14(2)24-27-15(17)3/h4-6,16H,7-12H2,1-3H3,(H,22,23). The summed E-state index contributed by atoms with van der Waals surface area (Å²) < 4.78 is 5.18. The number of piperidine rings is 1. The molecule has 27 heavy (non-hydrogen) atoms. The third-order valence-electron chi connectivity index (χ3n) is 5.74. The first-order chi connectivity index (χ1) is 13.0.